The van der Waals surface area contributed by atoms with Crippen LogP contribution in [0.15, 0.2) is 30.6 Å². The number of aryl methyl sites for hydroxylation is 1. The second-order valence-electron chi connectivity index (χ2n) is 5.76. The smallest absolute Gasteiger partial charge is 0.255 e. The quantitative estimate of drug-likeness (QED) is 0.927. The maximum atomic E-state index is 12.5. The largest absolute Gasteiger partial charge is 0.338 e. The lowest BCUT2D eigenvalue weighted by molar-refractivity contribution is 0.0704. The standard InChI is InChI=1S/C16H20ClN5O/c1-21-11-19-15(20-21)10-18-12-6-8-22(9-7-12)16(23)13-4-2-3-5-14(13)17/h2-5,11-12,18H,6-10H2,1H3. The number of hydrogen-bond donors (Lipinski definition) is 1. The van der Waals surface area contributed by atoms with Crippen LogP contribution >= 0.6 is 11.6 Å². The summed E-state index contributed by atoms with van der Waals surface area (Å²) in [6.07, 6.45) is 3.54. The van der Waals surface area contributed by atoms with Gasteiger partial charge in [0.15, 0.2) is 5.82 Å². The van der Waals surface area contributed by atoms with Crippen molar-refractivity contribution in [2.45, 2.75) is 25.4 Å². The van der Waals surface area contributed by atoms with Gasteiger partial charge in [-0.15, -0.1) is 0 Å². The van der Waals surface area contributed by atoms with E-state index in [0.29, 0.717) is 23.2 Å². The highest BCUT2D eigenvalue weighted by molar-refractivity contribution is 6.33. The van der Waals surface area contributed by atoms with Crippen LogP contribution < -0.4 is 5.32 Å². The summed E-state index contributed by atoms with van der Waals surface area (Å²) >= 11 is 6.11. The molecule has 122 valence electrons. The average molecular weight is 334 g/mol. The molecule has 0 atom stereocenters. The Morgan fingerprint density at radius 1 is 1.35 bits per heavy atom. The van der Waals surface area contributed by atoms with E-state index < -0.39 is 0 Å². The maximum absolute atomic E-state index is 12.5. The van der Waals surface area contributed by atoms with Crippen LogP contribution in [-0.4, -0.2) is 44.7 Å². The van der Waals surface area contributed by atoms with Gasteiger partial charge >= 0.3 is 0 Å². The first-order valence-electron chi connectivity index (χ1n) is 7.75. The zero-order valence-electron chi connectivity index (χ0n) is 13.1. The van der Waals surface area contributed by atoms with Crippen LogP contribution in [0.4, 0.5) is 0 Å². The number of benzene rings is 1. The number of carbonyl (C=O) groups excluding carboxylic acids is 1. The molecule has 1 aromatic heterocycles. The first-order valence-corrected chi connectivity index (χ1v) is 8.13. The van der Waals surface area contributed by atoms with Gasteiger partial charge in [0.05, 0.1) is 17.1 Å². The van der Waals surface area contributed by atoms with Crippen LogP contribution in [0.1, 0.15) is 29.0 Å². The fraction of sp³-hybridized carbons (Fsp3) is 0.438. The number of hydrogen-bond acceptors (Lipinski definition) is 4. The van der Waals surface area contributed by atoms with Gasteiger partial charge in [-0.25, -0.2) is 4.98 Å². The lowest BCUT2D eigenvalue weighted by atomic mass is 10.0. The van der Waals surface area contributed by atoms with E-state index in [4.69, 9.17) is 11.6 Å². The van der Waals surface area contributed by atoms with Crippen molar-refractivity contribution in [1.82, 2.24) is 25.0 Å². The third kappa shape index (κ3) is 3.89. The first-order chi connectivity index (χ1) is 11.1. The Morgan fingerprint density at radius 2 is 2.09 bits per heavy atom. The second kappa shape index (κ2) is 7.10. The van der Waals surface area contributed by atoms with Gasteiger partial charge in [0.2, 0.25) is 0 Å². The molecule has 3 rings (SSSR count). The van der Waals surface area contributed by atoms with Crippen molar-refractivity contribution in [2.24, 2.45) is 7.05 Å². The number of nitrogens with zero attached hydrogens (tertiary/aromatic N) is 4. The van der Waals surface area contributed by atoms with E-state index in [9.17, 15) is 4.79 Å². The number of aromatic nitrogens is 3. The fourth-order valence-corrected chi connectivity index (χ4v) is 3.01. The number of halogens is 1. The topological polar surface area (TPSA) is 63.1 Å². The molecule has 7 heteroatoms. The van der Waals surface area contributed by atoms with Crippen molar-refractivity contribution < 1.29 is 4.79 Å². The molecule has 1 aromatic carbocycles. The molecule has 0 unspecified atom stereocenters. The van der Waals surface area contributed by atoms with Crippen molar-refractivity contribution >= 4 is 17.5 Å². The number of rotatable bonds is 4. The molecule has 23 heavy (non-hydrogen) atoms. The lowest BCUT2D eigenvalue weighted by Crippen LogP contribution is -2.44. The molecule has 1 N–H and O–H groups in total. The predicted molar refractivity (Wildman–Crippen MR) is 88.2 cm³/mol. The molecule has 1 aliphatic rings. The average Bonchev–Trinajstić information content (AvgIpc) is 2.99. The summed E-state index contributed by atoms with van der Waals surface area (Å²) in [5.74, 6) is 0.808. The molecule has 1 fully saturated rings. The van der Waals surface area contributed by atoms with E-state index in [-0.39, 0.29) is 5.91 Å². The minimum Gasteiger partial charge on any atom is -0.338 e. The second-order valence-corrected chi connectivity index (χ2v) is 6.17. The van der Waals surface area contributed by atoms with Crippen molar-refractivity contribution in [3.8, 4) is 0 Å². The fourth-order valence-electron chi connectivity index (χ4n) is 2.79. The molecular weight excluding hydrogens is 314 g/mol. The van der Waals surface area contributed by atoms with Crippen LogP contribution in [0.5, 0.6) is 0 Å². The zero-order chi connectivity index (χ0) is 16.2. The molecule has 0 aliphatic carbocycles. The number of carbonyl (C=O) groups is 1. The van der Waals surface area contributed by atoms with E-state index in [2.05, 4.69) is 15.4 Å². The van der Waals surface area contributed by atoms with Crippen molar-refractivity contribution in [2.75, 3.05) is 13.1 Å². The van der Waals surface area contributed by atoms with Gasteiger partial charge in [-0.3, -0.25) is 9.48 Å². The summed E-state index contributed by atoms with van der Waals surface area (Å²) < 4.78 is 1.70. The first kappa shape index (κ1) is 16.0. The van der Waals surface area contributed by atoms with Gasteiger partial charge < -0.3 is 10.2 Å². The molecule has 6 nitrogen and oxygen atoms in total. The third-order valence-corrected chi connectivity index (χ3v) is 4.41. The Morgan fingerprint density at radius 3 is 2.74 bits per heavy atom. The van der Waals surface area contributed by atoms with E-state index >= 15 is 0 Å². The highest BCUT2D eigenvalue weighted by Crippen LogP contribution is 2.20. The van der Waals surface area contributed by atoms with Crippen molar-refractivity contribution in [1.29, 1.82) is 0 Å². The number of likely N-dealkylation sites (tertiary alicyclic amines) is 1. The van der Waals surface area contributed by atoms with E-state index in [1.807, 2.05) is 24.1 Å². The molecule has 0 saturated carbocycles. The lowest BCUT2D eigenvalue weighted by Gasteiger charge is -2.32. The Kier molecular flexibility index (Phi) is 4.93. The van der Waals surface area contributed by atoms with Gasteiger partial charge in [0.25, 0.3) is 5.91 Å². The third-order valence-electron chi connectivity index (χ3n) is 4.08. The molecule has 1 saturated heterocycles. The number of nitrogens with one attached hydrogen (secondary N) is 1. The molecule has 1 aliphatic heterocycles. The molecular formula is C16H20ClN5O. The van der Waals surface area contributed by atoms with E-state index in [1.54, 1.807) is 23.1 Å². The number of amides is 1. The minimum atomic E-state index is 0.0143. The van der Waals surface area contributed by atoms with Gasteiger partial charge in [0, 0.05) is 26.2 Å². The van der Waals surface area contributed by atoms with Crippen molar-refractivity contribution in [3.63, 3.8) is 0 Å². The van der Waals surface area contributed by atoms with Crippen LogP contribution in [0.25, 0.3) is 0 Å². The predicted octanol–water partition coefficient (Wildman–Crippen LogP) is 1.86. The normalized spacial score (nSPS) is 15.8. The van der Waals surface area contributed by atoms with E-state index in [1.165, 1.54) is 0 Å². The highest BCUT2D eigenvalue weighted by atomic mass is 35.5. The molecule has 0 radical (unpaired) electrons. The molecule has 2 aromatic rings. The van der Waals surface area contributed by atoms with Crippen molar-refractivity contribution in [3.05, 3.63) is 47.0 Å². The molecule has 2 heterocycles. The summed E-state index contributed by atoms with van der Waals surface area (Å²) in [5, 5.41) is 8.22. The SMILES string of the molecule is Cn1cnc(CNC2CCN(C(=O)c3ccccc3Cl)CC2)n1. The Labute approximate surface area is 140 Å². The zero-order valence-corrected chi connectivity index (χ0v) is 13.8. The highest BCUT2D eigenvalue weighted by Gasteiger charge is 2.24. The monoisotopic (exact) mass is 333 g/mol. The Hall–Kier alpha value is -1.92. The van der Waals surface area contributed by atoms with Gasteiger partial charge in [-0.05, 0) is 25.0 Å². The summed E-state index contributed by atoms with van der Waals surface area (Å²) in [6.45, 7) is 2.12. The van der Waals surface area contributed by atoms with Crippen LogP contribution in [0.2, 0.25) is 5.02 Å². The molecule has 1 amide bonds. The summed E-state index contributed by atoms with van der Waals surface area (Å²) in [4.78, 5) is 18.6. The maximum Gasteiger partial charge on any atom is 0.255 e. The summed E-state index contributed by atoms with van der Waals surface area (Å²) in [6, 6.07) is 7.59. The molecule has 0 bridgehead atoms. The van der Waals surface area contributed by atoms with E-state index in [0.717, 1.165) is 31.8 Å². The summed E-state index contributed by atoms with van der Waals surface area (Å²) in [5.41, 5.74) is 0.582. The summed E-state index contributed by atoms with van der Waals surface area (Å²) in [7, 11) is 1.86. The number of piperidine rings is 1. The van der Waals surface area contributed by atoms with Gasteiger partial charge in [-0.1, -0.05) is 23.7 Å². The van der Waals surface area contributed by atoms with Gasteiger partial charge in [-0.2, -0.15) is 5.10 Å². The Balaban J connectivity index is 1.50. The van der Waals surface area contributed by atoms with Gasteiger partial charge in [0.1, 0.15) is 6.33 Å². The molecule has 0 spiro atoms. The Bertz CT molecular complexity index is 679. The van der Waals surface area contributed by atoms with Crippen LogP contribution in [0, 0.1) is 0 Å². The van der Waals surface area contributed by atoms with Crippen LogP contribution in [-0.2, 0) is 13.6 Å². The minimum absolute atomic E-state index is 0.0143. The van der Waals surface area contributed by atoms with Crippen LogP contribution in [0.3, 0.4) is 0 Å².